The largest absolute Gasteiger partial charge is 0.279 e. The second-order valence-corrected chi connectivity index (χ2v) is 5.99. The minimum atomic E-state index is -0.540. The average molecular weight is 299 g/mol. The number of allylic oxidation sites excluding steroid dienone is 2. The average Bonchev–Trinajstić information content (AvgIpc) is 2.73. The van der Waals surface area contributed by atoms with Crippen molar-refractivity contribution in [1.29, 1.82) is 0 Å². The van der Waals surface area contributed by atoms with Gasteiger partial charge in [0, 0.05) is 0 Å². The molecule has 2 rings (SSSR count). The first kappa shape index (κ1) is 16.5. The molecule has 1 aromatic rings. The molecule has 0 aromatic heterocycles. The Morgan fingerprint density at radius 1 is 1.45 bits per heavy atom. The van der Waals surface area contributed by atoms with Gasteiger partial charge in [-0.2, -0.15) is 0 Å². The number of amides is 1. The van der Waals surface area contributed by atoms with Gasteiger partial charge in [0.1, 0.15) is 5.54 Å². The third kappa shape index (κ3) is 2.61. The number of carbonyl (C=O) groups is 1. The molecule has 0 radical (unpaired) electrons. The van der Waals surface area contributed by atoms with Crippen molar-refractivity contribution in [2.75, 3.05) is 7.11 Å². The van der Waals surface area contributed by atoms with Crippen molar-refractivity contribution in [3.8, 4) is 0 Å². The summed E-state index contributed by atoms with van der Waals surface area (Å²) in [5, 5.41) is 1.53. The van der Waals surface area contributed by atoms with Crippen LogP contribution in [0.1, 0.15) is 54.6 Å². The van der Waals surface area contributed by atoms with Crippen molar-refractivity contribution >= 4 is 5.91 Å². The predicted molar refractivity (Wildman–Crippen MR) is 89.5 cm³/mol. The number of carbonyl (C=O) groups excluding carboxylic acids is 1. The molecular formula is C19H25NO2. The van der Waals surface area contributed by atoms with E-state index in [0.717, 1.165) is 41.5 Å². The van der Waals surface area contributed by atoms with Crippen LogP contribution in [0.15, 0.2) is 42.5 Å². The van der Waals surface area contributed by atoms with Crippen LogP contribution in [0, 0.1) is 6.92 Å². The molecular weight excluding hydrogens is 274 g/mol. The molecule has 1 aromatic carbocycles. The van der Waals surface area contributed by atoms with E-state index in [2.05, 4.69) is 19.6 Å². The molecule has 3 heteroatoms. The van der Waals surface area contributed by atoms with E-state index in [1.807, 2.05) is 38.1 Å². The Kier molecular flexibility index (Phi) is 4.87. The summed E-state index contributed by atoms with van der Waals surface area (Å²) in [7, 11) is 1.56. The van der Waals surface area contributed by atoms with Gasteiger partial charge in [0.05, 0.1) is 12.7 Å². The smallest absolute Gasteiger partial charge is 0.273 e. The van der Waals surface area contributed by atoms with Crippen molar-refractivity contribution in [2.24, 2.45) is 0 Å². The van der Waals surface area contributed by atoms with E-state index in [0.29, 0.717) is 0 Å². The fourth-order valence-corrected chi connectivity index (χ4v) is 3.15. The third-order valence-electron chi connectivity index (χ3n) is 4.24. The van der Waals surface area contributed by atoms with Crippen LogP contribution in [0.5, 0.6) is 0 Å². The van der Waals surface area contributed by atoms with E-state index in [9.17, 15) is 4.79 Å². The van der Waals surface area contributed by atoms with E-state index in [1.165, 1.54) is 5.06 Å². The first-order valence-corrected chi connectivity index (χ1v) is 7.81. The SMILES string of the molecule is C=C(C)/C=C/[C@@]1(CCCC)c2cccc(C)c2C(=O)N1OC. The Bertz CT molecular complexity index is 618. The second-order valence-electron chi connectivity index (χ2n) is 5.99. The molecule has 22 heavy (non-hydrogen) atoms. The number of nitrogens with zero attached hydrogens (tertiary/aromatic N) is 1. The Morgan fingerprint density at radius 3 is 2.77 bits per heavy atom. The quantitative estimate of drug-likeness (QED) is 0.722. The van der Waals surface area contributed by atoms with Crippen LogP contribution in [0.4, 0.5) is 0 Å². The maximum atomic E-state index is 12.8. The first-order chi connectivity index (χ1) is 10.5. The first-order valence-electron chi connectivity index (χ1n) is 7.81. The Hall–Kier alpha value is -1.87. The lowest BCUT2D eigenvalue weighted by atomic mass is 9.84. The van der Waals surface area contributed by atoms with Crippen molar-refractivity contribution < 1.29 is 9.63 Å². The van der Waals surface area contributed by atoms with Crippen LogP contribution in [0.2, 0.25) is 0 Å². The molecule has 3 nitrogen and oxygen atoms in total. The molecule has 0 aliphatic carbocycles. The minimum Gasteiger partial charge on any atom is -0.273 e. The number of hydrogen-bond donors (Lipinski definition) is 0. The van der Waals surface area contributed by atoms with Gasteiger partial charge in [0.15, 0.2) is 0 Å². The fourth-order valence-electron chi connectivity index (χ4n) is 3.15. The van der Waals surface area contributed by atoms with Gasteiger partial charge in [0.2, 0.25) is 0 Å². The fraction of sp³-hybridized carbons (Fsp3) is 0.421. The standard InChI is InChI=1S/C19H25NO2/c1-6-7-12-19(13-11-14(2)3)16-10-8-9-15(4)17(16)18(21)20(19)22-5/h8-11,13H,2,6-7,12H2,1,3-5H3/b13-11+/t19-/m0/s1. The molecule has 0 bridgehead atoms. The summed E-state index contributed by atoms with van der Waals surface area (Å²) >= 11 is 0. The predicted octanol–water partition coefficient (Wildman–Crippen LogP) is 4.53. The van der Waals surface area contributed by atoms with E-state index in [-0.39, 0.29) is 5.91 Å². The molecule has 0 unspecified atom stereocenters. The van der Waals surface area contributed by atoms with E-state index in [4.69, 9.17) is 4.84 Å². The minimum absolute atomic E-state index is 0.0573. The number of hydrogen-bond acceptors (Lipinski definition) is 2. The second kappa shape index (κ2) is 6.49. The van der Waals surface area contributed by atoms with Gasteiger partial charge in [-0.15, -0.1) is 0 Å². The highest BCUT2D eigenvalue weighted by molar-refractivity contribution is 6.01. The normalized spacial score (nSPS) is 20.7. The highest BCUT2D eigenvalue weighted by atomic mass is 16.7. The highest BCUT2D eigenvalue weighted by Crippen LogP contribution is 2.45. The molecule has 0 N–H and O–H groups in total. The lowest BCUT2D eigenvalue weighted by Gasteiger charge is -2.35. The van der Waals surface area contributed by atoms with Crippen LogP contribution in [0.25, 0.3) is 0 Å². The summed E-state index contributed by atoms with van der Waals surface area (Å²) in [5.41, 5.74) is 3.21. The van der Waals surface area contributed by atoms with Gasteiger partial charge in [-0.05, 0) is 31.4 Å². The number of rotatable bonds is 6. The number of hydroxylamine groups is 2. The van der Waals surface area contributed by atoms with Crippen LogP contribution >= 0.6 is 0 Å². The van der Waals surface area contributed by atoms with Gasteiger partial charge < -0.3 is 0 Å². The zero-order chi connectivity index (χ0) is 16.3. The number of aryl methyl sites for hydroxylation is 1. The van der Waals surface area contributed by atoms with Gasteiger partial charge in [-0.3, -0.25) is 9.63 Å². The Balaban J connectivity index is 2.66. The van der Waals surface area contributed by atoms with E-state index in [1.54, 1.807) is 7.11 Å². The highest BCUT2D eigenvalue weighted by Gasteiger charge is 2.49. The van der Waals surface area contributed by atoms with Crippen LogP contribution in [-0.4, -0.2) is 18.1 Å². The molecule has 1 atom stereocenters. The molecule has 0 fully saturated rings. The van der Waals surface area contributed by atoms with Crippen LogP contribution < -0.4 is 0 Å². The van der Waals surface area contributed by atoms with Crippen molar-refractivity contribution in [3.63, 3.8) is 0 Å². The number of benzene rings is 1. The third-order valence-corrected chi connectivity index (χ3v) is 4.24. The molecule has 0 saturated carbocycles. The molecule has 1 aliphatic rings. The summed E-state index contributed by atoms with van der Waals surface area (Å²) in [5.74, 6) is -0.0573. The van der Waals surface area contributed by atoms with Crippen molar-refractivity contribution in [3.05, 3.63) is 59.2 Å². The van der Waals surface area contributed by atoms with E-state index < -0.39 is 5.54 Å². The molecule has 1 aliphatic heterocycles. The Morgan fingerprint density at radius 2 is 2.18 bits per heavy atom. The summed E-state index contributed by atoms with van der Waals surface area (Å²) in [4.78, 5) is 18.3. The zero-order valence-corrected chi connectivity index (χ0v) is 14.0. The number of fused-ring (bicyclic) bond motifs is 1. The van der Waals surface area contributed by atoms with Gasteiger partial charge >= 0.3 is 0 Å². The lowest BCUT2D eigenvalue weighted by molar-refractivity contribution is -0.146. The van der Waals surface area contributed by atoms with Gasteiger partial charge in [0.25, 0.3) is 5.91 Å². The topological polar surface area (TPSA) is 29.5 Å². The maximum Gasteiger partial charge on any atom is 0.279 e. The van der Waals surface area contributed by atoms with Gasteiger partial charge in [-0.1, -0.05) is 62.3 Å². The molecule has 1 amide bonds. The summed E-state index contributed by atoms with van der Waals surface area (Å²) in [6.07, 6.45) is 6.96. The van der Waals surface area contributed by atoms with Crippen molar-refractivity contribution in [2.45, 2.75) is 45.6 Å². The Labute approximate surface area is 133 Å². The van der Waals surface area contributed by atoms with E-state index >= 15 is 0 Å². The molecule has 0 saturated heterocycles. The van der Waals surface area contributed by atoms with Crippen LogP contribution in [-0.2, 0) is 10.4 Å². The molecule has 1 heterocycles. The van der Waals surface area contributed by atoms with Gasteiger partial charge in [-0.25, -0.2) is 5.06 Å². The van der Waals surface area contributed by atoms with Crippen molar-refractivity contribution in [1.82, 2.24) is 5.06 Å². The lowest BCUT2D eigenvalue weighted by Crippen LogP contribution is -2.41. The maximum absolute atomic E-state index is 12.8. The van der Waals surface area contributed by atoms with Crippen LogP contribution in [0.3, 0.4) is 0 Å². The molecule has 118 valence electrons. The summed E-state index contributed by atoms with van der Waals surface area (Å²) < 4.78 is 0. The zero-order valence-electron chi connectivity index (χ0n) is 14.0. The summed E-state index contributed by atoms with van der Waals surface area (Å²) in [6, 6.07) is 6.02. The molecule has 0 spiro atoms. The monoisotopic (exact) mass is 299 g/mol. The number of unbranched alkanes of at least 4 members (excludes halogenated alkanes) is 1. The summed E-state index contributed by atoms with van der Waals surface area (Å²) in [6.45, 7) is 10.0.